The molecule has 21 heavy (non-hydrogen) atoms. The van der Waals surface area contributed by atoms with Crippen molar-refractivity contribution in [1.29, 1.82) is 0 Å². The summed E-state index contributed by atoms with van der Waals surface area (Å²) in [5, 5.41) is 4.19. The van der Waals surface area contributed by atoms with Crippen molar-refractivity contribution in [3.63, 3.8) is 0 Å². The lowest BCUT2D eigenvalue weighted by Gasteiger charge is -2.10. The lowest BCUT2D eigenvalue weighted by atomic mass is 10.1. The number of hydrogen-bond acceptors (Lipinski definition) is 3. The highest BCUT2D eigenvalue weighted by molar-refractivity contribution is 6.31. The van der Waals surface area contributed by atoms with Crippen LogP contribution >= 0.6 is 11.6 Å². The number of ether oxygens (including phenoxy) is 1. The van der Waals surface area contributed by atoms with E-state index in [1.54, 1.807) is 0 Å². The topological polar surface area (TPSA) is 47.3 Å². The first-order valence-electron chi connectivity index (χ1n) is 7.16. The maximum Gasteiger partial charge on any atom is 0.142 e. The lowest BCUT2D eigenvalue weighted by Crippen LogP contribution is -2.17. The van der Waals surface area contributed by atoms with Gasteiger partial charge >= 0.3 is 0 Å². The Bertz CT molecular complexity index is 587. The lowest BCUT2D eigenvalue weighted by molar-refractivity contribution is 0.342. The Kier molecular flexibility index (Phi) is 5.90. The van der Waals surface area contributed by atoms with Crippen molar-refractivity contribution in [3.8, 4) is 5.75 Å². The summed E-state index contributed by atoms with van der Waals surface area (Å²) in [4.78, 5) is 0. The molecule has 0 aliphatic heterocycles. The van der Waals surface area contributed by atoms with Gasteiger partial charge in [0.25, 0.3) is 0 Å². The summed E-state index contributed by atoms with van der Waals surface area (Å²) in [5.74, 6) is 0.755. The van der Waals surface area contributed by atoms with Crippen molar-refractivity contribution in [1.82, 2.24) is 5.32 Å². The number of hydrogen-bond donors (Lipinski definition) is 2. The predicted molar refractivity (Wildman–Crippen MR) is 88.9 cm³/mol. The van der Waals surface area contributed by atoms with Crippen LogP contribution in [0.4, 0.5) is 5.69 Å². The number of benzene rings is 2. The number of nitrogens with one attached hydrogen (secondary N) is 1. The van der Waals surface area contributed by atoms with Crippen molar-refractivity contribution < 1.29 is 4.74 Å². The second kappa shape index (κ2) is 7.91. The average molecular weight is 305 g/mol. The Balaban J connectivity index is 1.81. The Hall–Kier alpha value is -1.71. The van der Waals surface area contributed by atoms with E-state index >= 15 is 0 Å². The van der Waals surface area contributed by atoms with Gasteiger partial charge in [0.2, 0.25) is 0 Å². The standard InChI is InChI=1S/C17H21ClN2O/c1-2-21-17-8-7-13(11-16(17)19)9-10-20-12-14-5-3-4-6-15(14)18/h3-8,11,20H,2,9-10,12,19H2,1H3. The van der Waals surface area contributed by atoms with Crippen LogP contribution in [-0.4, -0.2) is 13.2 Å². The largest absolute Gasteiger partial charge is 0.492 e. The molecule has 0 spiro atoms. The number of anilines is 1. The van der Waals surface area contributed by atoms with Gasteiger partial charge in [-0.15, -0.1) is 0 Å². The number of nitrogens with two attached hydrogens (primary N) is 1. The minimum absolute atomic E-state index is 0.628. The van der Waals surface area contributed by atoms with Gasteiger partial charge in [0.15, 0.2) is 0 Å². The maximum absolute atomic E-state index is 6.12. The fourth-order valence-electron chi connectivity index (χ4n) is 2.14. The van der Waals surface area contributed by atoms with E-state index in [0.29, 0.717) is 12.3 Å². The fourth-order valence-corrected chi connectivity index (χ4v) is 2.34. The molecule has 0 aliphatic carbocycles. The van der Waals surface area contributed by atoms with Crippen molar-refractivity contribution in [2.24, 2.45) is 0 Å². The first-order chi connectivity index (χ1) is 10.2. The molecule has 0 bridgehead atoms. The molecule has 2 rings (SSSR count). The van der Waals surface area contributed by atoms with Gasteiger partial charge in [-0.25, -0.2) is 0 Å². The fraction of sp³-hybridized carbons (Fsp3) is 0.294. The quantitative estimate of drug-likeness (QED) is 0.606. The molecule has 0 fully saturated rings. The molecule has 0 heterocycles. The van der Waals surface area contributed by atoms with Gasteiger partial charge in [-0.1, -0.05) is 35.9 Å². The van der Waals surface area contributed by atoms with Gasteiger partial charge in [-0.2, -0.15) is 0 Å². The minimum atomic E-state index is 0.628. The van der Waals surface area contributed by atoms with Gasteiger partial charge in [0.05, 0.1) is 12.3 Å². The normalized spacial score (nSPS) is 10.6. The summed E-state index contributed by atoms with van der Waals surface area (Å²) < 4.78 is 5.43. The van der Waals surface area contributed by atoms with Gasteiger partial charge in [0.1, 0.15) is 5.75 Å². The van der Waals surface area contributed by atoms with E-state index in [-0.39, 0.29) is 0 Å². The van der Waals surface area contributed by atoms with E-state index in [0.717, 1.165) is 35.8 Å². The zero-order valence-corrected chi connectivity index (χ0v) is 13.0. The summed E-state index contributed by atoms with van der Waals surface area (Å²) in [6.07, 6.45) is 0.918. The van der Waals surface area contributed by atoms with Crippen LogP contribution in [0, 0.1) is 0 Å². The first kappa shape index (κ1) is 15.7. The molecule has 0 unspecified atom stereocenters. The molecular formula is C17H21ClN2O. The highest BCUT2D eigenvalue weighted by Gasteiger charge is 2.02. The summed E-state index contributed by atoms with van der Waals surface area (Å²) >= 11 is 6.12. The van der Waals surface area contributed by atoms with E-state index in [4.69, 9.17) is 22.1 Å². The minimum Gasteiger partial charge on any atom is -0.492 e. The zero-order chi connectivity index (χ0) is 15.1. The molecular weight excluding hydrogens is 284 g/mol. The second-order valence-corrected chi connectivity index (χ2v) is 5.23. The molecule has 0 aliphatic rings. The van der Waals surface area contributed by atoms with Crippen molar-refractivity contribution in [2.75, 3.05) is 18.9 Å². The van der Waals surface area contributed by atoms with Crippen LogP contribution in [0.2, 0.25) is 5.02 Å². The molecule has 0 saturated carbocycles. The Morgan fingerprint density at radius 2 is 2.00 bits per heavy atom. The number of rotatable bonds is 7. The molecule has 3 N–H and O–H groups in total. The monoisotopic (exact) mass is 304 g/mol. The Labute approximate surface area is 131 Å². The van der Waals surface area contributed by atoms with Crippen LogP contribution in [0.25, 0.3) is 0 Å². The summed E-state index contributed by atoms with van der Waals surface area (Å²) in [6, 6.07) is 13.8. The number of halogens is 1. The van der Waals surface area contributed by atoms with Gasteiger partial charge in [0, 0.05) is 11.6 Å². The van der Waals surface area contributed by atoms with Crippen LogP contribution in [0.5, 0.6) is 5.75 Å². The van der Waals surface area contributed by atoms with Crippen LogP contribution in [-0.2, 0) is 13.0 Å². The first-order valence-corrected chi connectivity index (χ1v) is 7.54. The molecule has 2 aromatic carbocycles. The van der Waals surface area contributed by atoms with Crippen LogP contribution in [0.1, 0.15) is 18.1 Å². The van der Waals surface area contributed by atoms with Gasteiger partial charge in [-0.05, 0) is 49.2 Å². The Morgan fingerprint density at radius 3 is 2.71 bits per heavy atom. The molecule has 0 amide bonds. The van der Waals surface area contributed by atoms with Crippen molar-refractivity contribution >= 4 is 17.3 Å². The van der Waals surface area contributed by atoms with E-state index in [1.165, 1.54) is 5.56 Å². The summed E-state index contributed by atoms with van der Waals surface area (Å²) in [6.45, 7) is 4.22. The van der Waals surface area contributed by atoms with E-state index in [9.17, 15) is 0 Å². The number of nitrogen functional groups attached to an aromatic ring is 1. The van der Waals surface area contributed by atoms with Crippen LogP contribution in [0.15, 0.2) is 42.5 Å². The third-order valence-corrected chi connectivity index (χ3v) is 3.61. The smallest absolute Gasteiger partial charge is 0.142 e. The zero-order valence-electron chi connectivity index (χ0n) is 12.2. The third-order valence-electron chi connectivity index (χ3n) is 3.24. The molecule has 0 aromatic heterocycles. The molecule has 2 aromatic rings. The molecule has 3 nitrogen and oxygen atoms in total. The summed E-state index contributed by atoms with van der Waals surface area (Å²) in [5.41, 5.74) is 8.97. The van der Waals surface area contributed by atoms with E-state index in [1.807, 2.05) is 43.3 Å². The SMILES string of the molecule is CCOc1ccc(CCNCc2ccccc2Cl)cc1N. The van der Waals surface area contributed by atoms with Crippen LogP contribution < -0.4 is 15.8 Å². The summed E-state index contributed by atoms with van der Waals surface area (Å²) in [7, 11) is 0. The van der Waals surface area contributed by atoms with Gasteiger partial charge in [-0.3, -0.25) is 0 Å². The average Bonchev–Trinajstić information content (AvgIpc) is 2.48. The molecule has 0 radical (unpaired) electrons. The van der Waals surface area contributed by atoms with Crippen molar-refractivity contribution in [2.45, 2.75) is 19.9 Å². The molecule has 112 valence electrons. The highest BCUT2D eigenvalue weighted by Crippen LogP contribution is 2.22. The van der Waals surface area contributed by atoms with E-state index in [2.05, 4.69) is 11.4 Å². The molecule has 0 atom stereocenters. The maximum atomic E-state index is 6.12. The molecule has 4 heteroatoms. The Morgan fingerprint density at radius 1 is 1.19 bits per heavy atom. The second-order valence-electron chi connectivity index (χ2n) is 4.82. The third kappa shape index (κ3) is 4.66. The van der Waals surface area contributed by atoms with Gasteiger partial charge < -0.3 is 15.8 Å². The highest BCUT2D eigenvalue weighted by atomic mass is 35.5. The predicted octanol–water partition coefficient (Wildman–Crippen LogP) is 3.65. The van der Waals surface area contributed by atoms with Crippen LogP contribution in [0.3, 0.4) is 0 Å². The van der Waals surface area contributed by atoms with Crippen molar-refractivity contribution in [3.05, 3.63) is 58.6 Å². The molecule has 0 saturated heterocycles. The van der Waals surface area contributed by atoms with E-state index < -0.39 is 0 Å².